The first-order chi connectivity index (χ1) is 11.8. The molecule has 0 aliphatic carbocycles. The lowest BCUT2D eigenvalue weighted by Gasteiger charge is -2.17. The highest BCUT2D eigenvalue weighted by Crippen LogP contribution is 2.30. The van der Waals surface area contributed by atoms with Crippen molar-refractivity contribution < 1.29 is 9.59 Å². The number of benzene rings is 1. The molecule has 0 radical (unpaired) electrons. The molecule has 0 bridgehead atoms. The third kappa shape index (κ3) is 3.82. The second kappa shape index (κ2) is 7.09. The molecule has 2 aromatic rings. The van der Waals surface area contributed by atoms with Crippen LogP contribution in [0.5, 0.6) is 0 Å². The number of aryl methyl sites for hydroxylation is 1. The fraction of sp³-hybridized carbons (Fsp3) is 0.412. The number of nitrogens with zero attached hydrogens (tertiary/aromatic N) is 3. The van der Waals surface area contributed by atoms with Gasteiger partial charge < -0.3 is 10.2 Å². The summed E-state index contributed by atoms with van der Waals surface area (Å²) < 4.78 is 0. The molecule has 1 aromatic carbocycles. The van der Waals surface area contributed by atoms with Gasteiger partial charge in [-0.3, -0.25) is 9.59 Å². The fourth-order valence-electron chi connectivity index (χ4n) is 2.61. The van der Waals surface area contributed by atoms with Crippen LogP contribution in [0.2, 0.25) is 5.02 Å². The van der Waals surface area contributed by atoms with Gasteiger partial charge in [-0.1, -0.05) is 42.9 Å². The predicted molar refractivity (Wildman–Crippen MR) is 99.3 cm³/mol. The third-order valence-electron chi connectivity index (χ3n) is 4.13. The van der Waals surface area contributed by atoms with Gasteiger partial charge in [0.25, 0.3) is 0 Å². The zero-order valence-electron chi connectivity index (χ0n) is 14.2. The number of halogens is 1. The molecule has 3 rings (SSSR count). The molecular formula is C17H19ClN4O2S. The maximum atomic E-state index is 12.5. The SMILES string of the molecule is Cc1ccc(N2C[C@@H](C(=O)Nc3nnc(C(C)C)s3)CC2=O)cc1Cl. The van der Waals surface area contributed by atoms with Gasteiger partial charge in [0.05, 0.1) is 5.92 Å². The van der Waals surface area contributed by atoms with Crippen LogP contribution in [0.25, 0.3) is 0 Å². The monoisotopic (exact) mass is 378 g/mol. The van der Waals surface area contributed by atoms with Gasteiger partial charge in [-0.2, -0.15) is 0 Å². The van der Waals surface area contributed by atoms with Crippen molar-refractivity contribution in [3.8, 4) is 0 Å². The lowest BCUT2D eigenvalue weighted by Crippen LogP contribution is -2.28. The number of aromatic nitrogens is 2. The van der Waals surface area contributed by atoms with Crippen LogP contribution in [0.1, 0.15) is 36.8 Å². The second-order valence-electron chi connectivity index (χ2n) is 6.43. The van der Waals surface area contributed by atoms with Crippen LogP contribution < -0.4 is 10.2 Å². The number of anilines is 2. The van der Waals surface area contributed by atoms with E-state index in [9.17, 15) is 9.59 Å². The molecule has 1 N–H and O–H groups in total. The van der Waals surface area contributed by atoms with Crippen LogP contribution in [-0.2, 0) is 9.59 Å². The quantitative estimate of drug-likeness (QED) is 0.881. The van der Waals surface area contributed by atoms with Gasteiger partial charge in [-0.05, 0) is 24.6 Å². The molecule has 1 saturated heterocycles. The summed E-state index contributed by atoms with van der Waals surface area (Å²) in [6.45, 7) is 6.28. The summed E-state index contributed by atoms with van der Waals surface area (Å²) in [5.41, 5.74) is 1.66. The van der Waals surface area contributed by atoms with E-state index in [1.165, 1.54) is 11.3 Å². The lowest BCUT2D eigenvalue weighted by molar-refractivity contribution is -0.122. The average Bonchev–Trinajstić information content (AvgIpc) is 3.17. The largest absolute Gasteiger partial charge is 0.312 e. The Bertz CT molecular complexity index is 821. The maximum Gasteiger partial charge on any atom is 0.231 e. The van der Waals surface area contributed by atoms with Crippen LogP contribution in [0.3, 0.4) is 0 Å². The van der Waals surface area contributed by atoms with Crippen LogP contribution in [-0.4, -0.2) is 28.6 Å². The molecule has 0 unspecified atom stereocenters. The smallest absolute Gasteiger partial charge is 0.231 e. The lowest BCUT2D eigenvalue weighted by atomic mass is 10.1. The molecule has 2 heterocycles. The van der Waals surface area contributed by atoms with E-state index < -0.39 is 5.92 Å². The Morgan fingerprint density at radius 1 is 1.40 bits per heavy atom. The summed E-state index contributed by atoms with van der Waals surface area (Å²) >= 11 is 7.50. The zero-order chi connectivity index (χ0) is 18.1. The first-order valence-electron chi connectivity index (χ1n) is 8.06. The van der Waals surface area contributed by atoms with Crippen molar-refractivity contribution >= 4 is 45.6 Å². The first-order valence-corrected chi connectivity index (χ1v) is 9.25. The molecule has 0 saturated carbocycles. The van der Waals surface area contributed by atoms with Crippen molar-refractivity contribution in [2.75, 3.05) is 16.8 Å². The van der Waals surface area contributed by atoms with Gasteiger partial charge in [0, 0.05) is 29.6 Å². The molecule has 2 amide bonds. The van der Waals surface area contributed by atoms with Gasteiger partial charge in [0.1, 0.15) is 5.01 Å². The van der Waals surface area contributed by atoms with Crippen molar-refractivity contribution in [2.45, 2.75) is 33.1 Å². The van der Waals surface area contributed by atoms with Crippen LogP contribution in [0.4, 0.5) is 10.8 Å². The Hall–Kier alpha value is -1.99. The molecule has 1 aliphatic heterocycles. The summed E-state index contributed by atoms with van der Waals surface area (Å²) in [7, 11) is 0. The predicted octanol–water partition coefficient (Wildman–Crippen LogP) is 3.61. The van der Waals surface area contributed by atoms with Crippen molar-refractivity contribution in [2.24, 2.45) is 5.92 Å². The highest BCUT2D eigenvalue weighted by atomic mass is 35.5. The van der Waals surface area contributed by atoms with Gasteiger partial charge in [-0.25, -0.2) is 0 Å². The van der Waals surface area contributed by atoms with E-state index in [0.29, 0.717) is 22.4 Å². The Morgan fingerprint density at radius 2 is 2.16 bits per heavy atom. The normalized spacial score (nSPS) is 17.4. The van der Waals surface area contributed by atoms with Crippen LogP contribution in [0, 0.1) is 12.8 Å². The number of carbonyl (C=O) groups is 2. The van der Waals surface area contributed by atoms with E-state index in [-0.39, 0.29) is 24.2 Å². The van der Waals surface area contributed by atoms with Gasteiger partial charge in [0.15, 0.2) is 0 Å². The van der Waals surface area contributed by atoms with Crippen LogP contribution >= 0.6 is 22.9 Å². The summed E-state index contributed by atoms with van der Waals surface area (Å²) in [5, 5.41) is 12.8. The minimum atomic E-state index is -0.418. The van der Waals surface area contributed by atoms with Gasteiger partial charge in [-0.15, -0.1) is 10.2 Å². The average molecular weight is 379 g/mol. The number of hydrogen-bond donors (Lipinski definition) is 1. The van der Waals surface area contributed by atoms with Crippen molar-refractivity contribution in [1.29, 1.82) is 0 Å². The molecule has 1 aliphatic rings. The molecule has 8 heteroatoms. The number of nitrogens with one attached hydrogen (secondary N) is 1. The summed E-state index contributed by atoms with van der Waals surface area (Å²) in [4.78, 5) is 26.4. The Morgan fingerprint density at radius 3 is 2.80 bits per heavy atom. The molecule has 1 fully saturated rings. The van der Waals surface area contributed by atoms with E-state index in [4.69, 9.17) is 11.6 Å². The topological polar surface area (TPSA) is 75.2 Å². The van der Waals surface area contributed by atoms with E-state index in [1.54, 1.807) is 11.0 Å². The minimum Gasteiger partial charge on any atom is -0.312 e. The van der Waals surface area contributed by atoms with E-state index in [2.05, 4.69) is 15.5 Å². The number of rotatable bonds is 4. The Balaban J connectivity index is 1.68. The minimum absolute atomic E-state index is 0.0831. The molecular weight excluding hydrogens is 360 g/mol. The van der Waals surface area contributed by atoms with Crippen molar-refractivity contribution in [1.82, 2.24) is 10.2 Å². The van der Waals surface area contributed by atoms with E-state index in [1.807, 2.05) is 32.9 Å². The molecule has 1 aromatic heterocycles. The summed E-state index contributed by atoms with van der Waals surface area (Å²) in [6, 6.07) is 5.47. The summed E-state index contributed by atoms with van der Waals surface area (Å²) in [5.74, 6) is -0.447. The van der Waals surface area contributed by atoms with E-state index >= 15 is 0 Å². The number of amides is 2. The maximum absolute atomic E-state index is 12.5. The molecule has 0 spiro atoms. The van der Waals surface area contributed by atoms with Crippen molar-refractivity contribution in [3.63, 3.8) is 0 Å². The standard InChI is InChI=1S/C17H19ClN4O2S/c1-9(2)16-20-21-17(25-16)19-15(24)11-6-14(23)22(8-11)12-5-4-10(3)13(18)7-12/h4-5,7,9,11H,6,8H2,1-3H3,(H,19,21,24)/t11-/m0/s1. The fourth-order valence-corrected chi connectivity index (χ4v) is 3.53. The molecule has 6 nitrogen and oxygen atoms in total. The second-order valence-corrected chi connectivity index (χ2v) is 7.84. The van der Waals surface area contributed by atoms with Gasteiger partial charge >= 0.3 is 0 Å². The number of hydrogen-bond acceptors (Lipinski definition) is 5. The Labute approximate surface area is 155 Å². The highest BCUT2D eigenvalue weighted by Gasteiger charge is 2.35. The third-order valence-corrected chi connectivity index (χ3v) is 5.67. The molecule has 1 atom stereocenters. The zero-order valence-corrected chi connectivity index (χ0v) is 15.8. The van der Waals surface area contributed by atoms with Crippen LogP contribution in [0.15, 0.2) is 18.2 Å². The summed E-state index contributed by atoms with van der Waals surface area (Å²) in [6.07, 6.45) is 0.174. The molecule has 25 heavy (non-hydrogen) atoms. The molecule has 132 valence electrons. The first kappa shape index (κ1) is 17.8. The van der Waals surface area contributed by atoms with Crippen molar-refractivity contribution in [3.05, 3.63) is 33.8 Å². The number of carbonyl (C=O) groups excluding carboxylic acids is 2. The van der Waals surface area contributed by atoms with Gasteiger partial charge in [0.2, 0.25) is 16.9 Å². The van der Waals surface area contributed by atoms with E-state index in [0.717, 1.165) is 10.6 Å². The highest BCUT2D eigenvalue weighted by molar-refractivity contribution is 7.15. The Kier molecular flexibility index (Phi) is 5.06.